The average Bonchev–Trinajstić information content (AvgIpc) is 2.30. The van der Waals surface area contributed by atoms with Crippen LogP contribution in [0.3, 0.4) is 0 Å². The van der Waals surface area contributed by atoms with Crippen LogP contribution in [0, 0.1) is 25.2 Å². The van der Waals surface area contributed by atoms with Crippen LogP contribution in [0.15, 0.2) is 18.2 Å². The molecular formula is C18H29N. The second kappa shape index (κ2) is 6.09. The van der Waals surface area contributed by atoms with E-state index in [4.69, 9.17) is 0 Å². The summed E-state index contributed by atoms with van der Waals surface area (Å²) in [5.41, 5.74) is 4.90. The largest absolute Gasteiger partial charge is 0.316 e. The van der Waals surface area contributed by atoms with Crippen molar-refractivity contribution < 1.29 is 0 Å². The summed E-state index contributed by atoms with van der Waals surface area (Å²) >= 11 is 0. The highest BCUT2D eigenvalue weighted by Crippen LogP contribution is 2.43. The van der Waals surface area contributed by atoms with Crippen molar-refractivity contribution in [1.29, 1.82) is 0 Å². The Kier molecular flexibility index (Phi) is 4.67. The van der Waals surface area contributed by atoms with Crippen molar-refractivity contribution in [3.8, 4) is 0 Å². The molecule has 1 saturated carbocycles. The molecule has 0 spiro atoms. The van der Waals surface area contributed by atoms with Gasteiger partial charge >= 0.3 is 0 Å². The van der Waals surface area contributed by atoms with Crippen LogP contribution in [0.25, 0.3) is 0 Å². The highest BCUT2D eigenvalue weighted by Gasteiger charge is 2.36. The summed E-state index contributed by atoms with van der Waals surface area (Å²) in [5.74, 6) is 0.749. The third-order valence-electron chi connectivity index (χ3n) is 4.62. The van der Waals surface area contributed by atoms with Crippen LogP contribution >= 0.6 is 0 Å². The number of nitrogens with one attached hydrogen (secondary N) is 1. The van der Waals surface area contributed by atoms with Crippen molar-refractivity contribution in [1.82, 2.24) is 5.32 Å². The van der Waals surface area contributed by atoms with E-state index >= 15 is 0 Å². The summed E-state index contributed by atoms with van der Waals surface area (Å²) in [7, 11) is 0. The minimum atomic E-state index is 0.538. The molecule has 1 aliphatic rings. The molecule has 0 saturated heterocycles. The van der Waals surface area contributed by atoms with Gasteiger partial charge in [-0.1, -0.05) is 38.5 Å². The quantitative estimate of drug-likeness (QED) is 0.805. The van der Waals surface area contributed by atoms with E-state index in [2.05, 4.69) is 51.2 Å². The molecule has 106 valence electrons. The third kappa shape index (κ3) is 3.82. The molecule has 2 rings (SSSR count). The molecule has 0 atom stereocenters. The van der Waals surface area contributed by atoms with E-state index in [0.717, 1.165) is 12.5 Å². The van der Waals surface area contributed by atoms with Crippen molar-refractivity contribution in [2.24, 2.45) is 11.3 Å². The molecule has 0 aliphatic heterocycles. The lowest BCUT2D eigenvalue weighted by atomic mass is 9.65. The fourth-order valence-corrected chi connectivity index (χ4v) is 3.07. The van der Waals surface area contributed by atoms with Gasteiger partial charge in [0.2, 0.25) is 0 Å². The van der Waals surface area contributed by atoms with Gasteiger partial charge in [0.25, 0.3) is 0 Å². The van der Waals surface area contributed by atoms with Gasteiger partial charge in [-0.2, -0.15) is 0 Å². The maximum absolute atomic E-state index is 3.67. The predicted molar refractivity (Wildman–Crippen MR) is 83.6 cm³/mol. The summed E-state index contributed by atoms with van der Waals surface area (Å²) in [4.78, 5) is 0. The molecule has 0 bridgehead atoms. The zero-order valence-electron chi connectivity index (χ0n) is 13.1. The van der Waals surface area contributed by atoms with Gasteiger partial charge in [0.15, 0.2) is 0 Å². The van der Waals surface area contributed by atoms with Crippen LogP contribution in [0.5, 0.6) is 0 Å². The summed E-state index contributed by atoms with van der Waals surface area (Å²) in [5, 5.41) is 3.67. The topological polar surface area (TPSA) is 12.0 Å². The number of aryl methyl sites for hydroxylation is 2. The van der Waals surface area contributed by atoms with Crippen molar-refractivity contribution in [2.45, 2.75) is 53.4 Å². The molecular weight excluding hydrogens is 230 g/mol. The lowest BCUT2D eigenvalue weighted by Crippen LogP contribution is -2.42. The molecule has 1 aliphatic carbocycles. The van der Waals surface area contributed by atoms with Crippen LogP contribution in [-0.2, 0) is 6.42 Å². The van der Waals surface area contributed by atoms with E-state index < -0.39 is 0 Å². The molecule has 1 N–H and O–H groups in total. The van der Waals surface area contributed by atoms with Gasteiger partial charge in [0.05, 0.1) is 0 Å². The molecule has 0 aromatic heterocycles. The zero-order chi connectivity index (χ0) is 13.9. The zero-order valence-corrected chi connectivity index (χ0v) is 13.1. The van der Waals surface area contributed by atoms with Gasteiger partial charge in [0, 0.05) is 6.54 Å². The van der Waals surface area contributed by atoms with E-state index in [9.17, 15) is 0 Å². The van der Waals surface area contributed by atoms with Gasteiger partial charge in [-0.15, -0.1) is 0 Å². The fraction of sp³-hybridized carbons (Fsp3) is 0.667. The average molecular weight is 259 g/mol. The first-order chi connectivity index (χ1) is 9.01. The minimum absolute atomic E-state index is 0.538. The normalized spacial score (nSPS) is 17.5. The summed E-state index contributed by atoms with van der Waals surface area (Å²) in [6, 6.07) is 6.99. The number of hydrogen-bond donors (Lipinski definition) is 1. The van der Waals surface area contributed by atoms with Crippen LogP contribution in [0.2, 0.25) is 0 Å². The molecule has 0 radical (unpaired) electrons. The second-order valence-electron chi connectivity index (χ2n) is 6.97. The predicted octanol–water partition coefficient (Wildman–Crippen LogP) is 4.26. The lowest BCUT2D eigenvalue weighted by molar-refractivity contribution is 0.129. The Morgan fingerprint density at radius 1 is 1.16 bits per heavy atom. The summed E-state index contributed by atoms with van der Waals surface area (Å²) in [6.45, 7) is 11.3. The molecule has 0 amide bonds. The van der Waals surface area contributed by atoms with E-state index in [0.29, 0.717) is 5.41 Å². The molecule has 19 heavy (non-hydrogen) atoms. The molecule has 1 aromatic carbocycles. The Morgan fingerprint density at radius 2 is 1.89 bits per heavy atom. The number of rotatable bonds is 6. The molecule has 1 nitrogen and oxygen atoms in total. The maximum Gasteiger partial charge on any atom is 0.00111 e. The van der Waals surface area contributed by atoms with E-state index in [1.807, 2.05) is 0 Å². The Balaban J connectivity index is 1.95. The second-order valence-corrected chi connectivity index (χ2v) is 6.97. The number of hydrogen-bond acceptors (Lipinski definition) is 1. The minimum Gasteiger partial charge on any atom is -0.316 e. The molecule has 0 heterocycles. The molecule has 0 unspecified atom stereocenters. The van der Waals surface area contributed by atoms with Gasteiger partial charge in [0.1, 0.15) is 0 Å². The highest BCUT2D eigenvalue weighted by atomic mass is 14.9. The van der Waals surface area contributed by atoms with E-state index in [-0.39, 0.29) is 0 Å². The highest BCUT2D eigenvalue weighted by molar-refractivity contribution is 5.30. The van der Waals surface area contributed by atoms with E-state index in [1.54, 1.807) is 0 Å². The molecule has 1 heteroatoms. The van der Waals surface area contributed by atoms with Gasteiger partial charge in [-0.25, -0.2) is 0 Å². The summed E-state index contributed by atoms with van der Waals surface area (Å²) < 4.78 is 0. The standard InChI is InChI=1S/C18H29N/c1-14(2)12-19-13-18(8-5-9-18)11-17-7-6-15(3)16(4)10-17/h6-7,10,14,19H,5,8-9,11-13H2,1-4H3. The van der Waals surface area contributed by atoms with E-state index in [1.165, 1.54) is 48.9 Å². The molecule has 1 fully saturated rings. The first-order valence-electron chi connectivity index (χ1n) is 7.78. The maximum atomic E-state index is 3.67. The Morgan fingerprint density at radius 3 is 2.42 bits per heavy atom. The Bertz CT molecular complexity index is 416. The first-order valence-corrected chi connectivity index (χ1v) is 7.78. The van der Waals surface area contributed by atoms with Crippen molar-refractivity contribution >= 4 is 0 Å². The van der Waals surface area contributed by atoms with Crippen molar-refractivity contribution in [2.75, 3.05) is 13.1 Å². The number of benzene rings is 1. The van der Waals surface area contributed by atoms with Gasteiger partial charge < -0.3 is 5.32 Å². The smallest absolute Gasteiger partial charge is 0.00111 e. The monoisotopic (exact) mass is 259 g/mol. The van der Waals surface area contributed by atoms with Gasteiger partial charge in [-0.05, 0) is 67.7 Å². The van der Waals surface area contributed by atoms with Crippen molar-refractivity contribution in [3.63, 3.8) is 0 Å². The van der Waals surface area contributed by atoms with Crippen LogP contribution in [0.4, 0.5) is 0 Å². The van der Waals surface area contributed by atoms with Crippen LogP contribution < -0.4 is 5.32 Å². The van der Waals surface area contributed by atoms with Crippen LogP contribution in [0.1, 0.15) is 49.8 Å². The Hall–Kier alpha value is -0.820. The Labute approximate surface area is 118 Å². The van der Waals surface area contributed by atoms with Gasteiger partial charge in [-0.3, -0.25) is 0 Å². The first kappa shape index (κ1) is 14.6. The van der Waals surface area contributed by atoms with Crippen LogP contribution in [-0.4, -0.2) is 13.1 Å². The SMILES string of the molecule is Cc1ccc(CC2(CNCC(C)C)CCC2)cc1C. The fourth-order valence-electron chi connectivity index (χ4n) is 3.07. The summed E-state index contributed by atoms with van der Waals surface area (Å²) in [6.07, 6.45) is 5.45. The molecule has 1 aromatic rings. The van der Waals surface area contributed by atoms with Crippen molar-refractivity contribution in [3.05, 3.63) is 34.9 Å². The third-order valence-corrected chi connectivity index (χ3v) is 4.62. The lowest BCUT2D eigenvalue weighted by Gasteiger charge is -2.43.